The maximum Gasteiger partial charge on any atom is 0.339 e. The molecule has 0 atom stereocenters. The quantitative estimate of drug-likeness (QED) is 0.413. The van der Waals surface area contributed by atoms with Crippen LogP contribution in [0, 0.1) is 0 Å². The summed E-state index contributed by atoms with van der Waals surface area (Å²) in [6, 6.07) is 6.26. The molecule has 2 amide bonds. The van der Waals surface area contributed by atoms with Crippen LogP contribution in [0.2, 0.25) is 0 Å². The van der Waals surface area contributed by atoms with Gasteiger partial charge in [-0.25, -0.2) is 32.7 Å². The van der Waals surface area contributed by atoms with Gasteiger partial charge >= 0.3 is 12.0 Å². The van der Waals surface area contributed by atoms with Gasteiger partial charge in [-0.1, -0.05) is 12.1 Å². The van der Waals surface area contributed by atoms with Gasteiger partial charge in [-0.2, -0.15) is 0 Å². The number of nitrogens with zero attached hydrogens (tertiary/aromatic N) is 2. The lowest BCUT2D eigenvalue weighted by Crippen LogP contribution is -2.35. The van der Waals surface area contributed by atoms with E-state index < -0.39 is 22.0 Å². The van der Waals surface area contributed by atoms with Gasteiger partial charge in [0.25, 0.3) is 10.0 Å². The zero-order chi connectivity index (χ0) is 20.3. The second-order valence-corrected chi connectivity index (χ2v) is 8.46. The lowest BCUT2D eigenvalue weighted by Gasteiger charge is -2.11. The van der Waals surface area contributed by atoms with E-state index in [1.165, 1.54) is 36.0 Å². The molecule has 3 rings (SSSR count). The van der Waals surface area contributed by atoms with Gasteiger partial charge in [0, 0.05) is 5.92 Å². The van der Waals surface area contributed by atoms with Gasteiger partial charge in [-0.15, -0.1) is 11.8 Å². The van der Waals surface area contributed by atoms with Crippen molar-refractivity contribution < 1.29 is 22.7 Å². The van der Waals surface area contributed by atoms with Gasteiger partial charge in [0.1, 0.15) is 9.92 Å². The summed E-state index contributed by atoms with van der Waals surface area (Å²) in [4.78, 5) is 32.1. The second-order valence-electron chi connectivity index (χ2n) is 5.98. The number of ether oxygens (including phenoxy) is 1. The molecule has 148 valence electrons. The molecule has 0 saturated heterocycles. The minimum Gasteiger partial charge on any atom is -0.465 e. The summed E-state index contributed by atoms with van der Waals surface area (Å²) in [5, 5.41) is 3.02. The maximum absolute atomic E-state index is 12.6. The first-order valence-corrected chi connectivity index (χ1v) is 11.0. The van der Waals surface area contributed by atoms with E-state index in [2.05, 4.69) is 20.0 Å². The van der Waals surface area contributed by atoms with Crippen molar-refractivity contribution in [3.05, 3.63) is 41.6 Å². The summed E-state index contributed by atoms with van der Waals surface area (Å²) < 4.78 is 31.6. The summed E-state index contributed by atoms with van der Waals surface area (Å²) >= 11 is 1.39. The number of carbonyl (C=O) groups is 2. The van der Waals surface area contributed by atoms with E-state index >= 15 is 0 Å². The predicted octanol–water partition coefficient (Wildman–Crippen LogP) is 2.37. The van der Waals surface area contributed by atoms with Crippen molar-refractivity contribution in [1.82, 2.24) is 14.7 Å². The minimum atomic E-state index is -4.32. The monoisotopic (exact) mass is 422 g/mol. The molecule has 9 nitrogen and oxygen atoms in total. The number of rotatable bonds is 6. The Kier molecular flexibility index (Phi) is 5.84. The van der Waals surface area contributed by atoms with Crippen LogP contribution in [0.3, 0.4) is 0 Å². The molecule has 1 aliphatic rings. The molecular weight excluding hydrogens is 404 g/mol. The Hall–Kier alpha value is -2.66. The highest BCUT2D eigenvalue weighted by atomic mass is 32.2. The third-order valence-corrected chi connectivity index (χ3v) is 5.98. The van der Waals surface area contributed by atoms with Crippen LogP contribution in [0.15, 0.2) is 40.3 Å². The molecule has 2 N–H and O–H groups in total. The van der Waals surface area contributed by atoms with Crippen molar-refractivity contribution in [2.75, 3.05) is 18.7 Å². The predicted molar refractivity (Wildman–Crippen MR) is 103 cm³/mol. The molecule has 0 bridgehead atoms. The van der Waals surface area contributed by atoms with Crippen LogP contribution in [-0.4, -0.2) is 43.8 Å². The summed E-state index contributed by atoms with van der Waals surface area (Å²) in [7, 11) is -3.18. The first-order valence-electron chi connectivity index (χ1n) is 8.28. The molecule has 1 fully saturated rings. The second kappa shape index (κ2) is 8.15. The van der Waals surface area contributed by atoms with E-state index in [0.29, 0.717) is 10.9 Å². The average Bonchev–Trinajstić information content (AvgIpc) is 3.51. The fourth-order valence-corrected chi connectivity index (χ4v) is 4.00. The first kappa shape index (κ1) is 20.1. The van der Waals surface area contributed by atoms with Crippen LogP contribution < -0.4 is 10.0 Å². The van der Waals surface area contributed by atoms with Gasteiger partial charge in [0.05, 0.1) is 18.4 Å². The Labute approximate surface area is 166 Å². The zero-order valence-electron chi connectivity index (χ0n) is 15.1. The van der Waals surface area contributed by atoms with Crippen LogP contribution in [0.5, 0.6) is 0 Å². The molecule has 0 aliphatic heterocycles. The number of anilines is 1. The van der Waals surface area contributed by atoms with Gasteiger partial charge in [0.15, 0.2) is 0 Å². The molecule has 1 aliphatic carbocycles. The van der Waals surface area contributed by atoms with Crippen molar-refractivity contribution in [2.45, 2.75) is 28.7 Å². The minimum absolute atomic E-state index is 0.0164. The Bertz CT molecular complexity index is 1020. The molecule has 1 heterocycles. The number of amides is 2. The Morgan fingerprint density at radius 2 is 1.93 bits per heavy atom. The summed E-state index contributed by atoms with van der Waals surface area (Å²) in [6.07, 6.45) is 3.89. The van der Waals surface area contributed by atoms with Gasteiger partial charge < -0.3 is 4.74 Å². The molecule has 1 aromatic heterocycles. The lowest BCUT2D eigenvalue weighted by atomic mass is 10.2. The highest BCUT2D eigenvalue weighted by Gasteiger charge is 2.27. The van der Waals surface area contributed by atoms with Gasteiger partial charge in [0.2, 0.25) is 5.95 Å². The molecule has 0 spiro atoms. The SMILES string of the molecule is COC(=O)c1ccccc1S(=O)(=O)NC(=O)Nc1nc(SC)cc(C2CC2)n1. The third-order valence-electron chi connectivity index (χ3n) is 3.96. The number of thioether (sulfide) groups is 1. The Balaban J connectivity index is 1.80. The number of benzene rings is 1. The van der Waals surface area contributed by atoms with Crippen LogP contribution in [0.25, 0.3) is 0 Å². The van der Waals surface area contributed by atoms with Crippen molar-refractivity contribution in [3.8, 4) is 0 Å². The van der Waals surface area contributed by atoms with Gasteiger partial charge in [-0.3, -0.25) is 5.32 Å². The van der Waals surface area contributed by atoms with Crippen LogP contribution >= 0.6 is 11.8 Å². The number of aromatic nitrogens is 2. The van der Waals surface area contributed by atoms with E-state index in [-0.39, 0.29) is 16.4 Å². The first-order chi connectivity index (χ1) is 13.3. The van der Waals surface area contributed by atoms with Crippen molar-refractivity contribution in [1.29, 1.82) is 0 Å². The van der Waals surface area contributed by atoms with E-state index in [4.69, 9.17) is 0 Å². The van der Waals surface area contributed by atoms with Crippen LogP contribution in [0.4, 0.5) is 10.7 Å². The van der Waals surface area contributed by atoms with Crippen molar-refractivity contribution >= 4 is 39.7 Å². The molecule has 11 heteroatoms. The van der Waals surface area contributed by atoms with E-state index in [9.17, 15) is 18.0 Å². The van der Waals surface area contributed by atoms with Crippen molar-refractivity contribution in [3.63, 3.8) is 0 Å². The van der Waals surface area contributed by atoms with Crippen molar-refractivity contribution in [2.24, 2.45) is 0 Å². The highest BCUT2D eigenvalue weighted by Crippen LogP contribution is 2.40. The topological polar surface area (TPSA) is 127 Å². The third kappa shape index (κ3) is 4.60. The molecule has 1 aromatic carbocycles. The fourth-order valence-electron chi connectivity index (χ4n) is 2.48. The molecular formula is C17H18N4O5S2. The number of methoxy groups -OCH3 is 1. The Morgan fingerprint density at radius 3 is 2.57 bits per heavy atom. The summed E-state index contributed by atoms with van der Waals surface area (Å²) in [5.41, 5.74) is 0.635. The number of carbonyl (C=O) groups excluding carboxylic acids is 2. The largest absolute Gasteiger partial charge is 0.465 e. The normalized spacial score (nSPS) is 13.6. The van der Waals surface area contributed by atoms with E-state index in [1.54, 1.807) is 0 Å². The Morgan fingerprint density at radius 1 is 1.21 bits per heavy atom. The van der Waals surface area contributed by atoms with E-state index in [1.807, 2.05) is 17.0 Å². The number of sulfonamides is 1. The number of urea groups is 1. The molecule has 1 saturated carbocycles. The maximum atomic E-state index is 12.6. The fraction of sp³-hybridized carbons (Fsp3) is 0.294. The lowest BCUT2D eigenvalue weighted by molar-refractivity contribution is 0.0596. The standard InChI is InChI=1S/C17H18N4O5S2/c1-26-15(22)11-5-3-4-6-13(11)28(24,25)21-17(23)20-16-18-12(10-7-8-10)9-14(19-16)27-2/h3-6,9-10H,7-8H2,1-2H3,(H2,18,19,20,21,23). The molecule has 28 heavy (non-hydrogen) atoms. The summed E-state index contributed by atoms with van der Waals surface area (Å²) in [5.74, 6) is -0.470. The molecule has 0 unspecified atom stereocenters. The highest BCUT2D eigenvalue weighted by molar-refractivity contribution is 7.98. The smallest absolute Gasteiger partial charge is 0.339 e. The summed E-state index contributed by atoms with van der Waals surface area (Å²) in [6.45, 7) is 0. The number of nitrogens with one attached hydrogen (secondary N) is 2. The van der Waals surface area contributed by atoms with Crippen LogP contribution in [-0.2, 0) is 14.8 Å². The number of hydrogen-bond acceptors (Lipinski definition) is 8. The van der Waals surface area contributed by atoms with Gasteiger partial charge in [-0.05, 0) is 37.3 Å². The van der Waals surface area contributed by atoms with Crippen LogP contribution in [0.1, 0.15) is 34.8 Å². The molecule has 2 aromatic rings. The number of esters is 1. The zero-order valence-corrected chi connectivity index (χ0v) is 16.8. The number of hydrogen-bond donors (Lipinski definition) is 2. The molecule has 0 radical (unpaired) electrons. The average molecular weight is 422 g/mol. The van der Waals surface area contributed by atoms with E-state index in [0.717, 1.165) is 25.6 Å².